The van der Waals surface area contributed by atoms with Gasteiger partial charge in [-0.25, -0.2) is 0 Å². The monoisotopic (exact) mass is 232 g/mol. The molecule has 0 radical (unpaired) electrons. The molecule has 1 saturated heterocycles. The van der Waals surface area contributed by atoms with Gasteiger partial charge < -0.3 is 5.32 Å². The summed E-state index contributed by atoms with van der Waals surface area (Å²) in [7, 11) is 0. The fourth-order valence-electron chi connectivity index (χ4n) is 2.35. The van der Waals surface area contributed by atoms with E-state index in [9.17, 15) is 4.79 Å². The molecule has 92 valence electrons. The summed E-state index contributed by atoms with van der Waals surface area (Å²) >= 11 is 0. The predicted molar refractivity (Wildman–Crippen MR) is 67.8 cm³/mol. The Bertz CT molecular complexity index is 344. The third-order valence-corrected chi connectivity index (χ3v) is 3.41. The standard InChI is InChI=1S/C14H20N2O/c17-14(10-13-2-1-7-16-11-13)4-3-12-5-8-15-9-6-12/h1-2,7,11-12,15H,3-6,8-10H2. The molecule has 0 unspecified atom stereocenters. The number of nitrogens with zero attached hydrogens (tertiary/aromatic N) is 1. The van der Waals surface area contributed by atoms with E-state index in [4.69, 9.17) is 0 Å². The summed E-state index contributed by atoms with van der Waals surface area (Å²) in [5.41, 5.74) is 1.03. The van der Waals surface area contributed by atoms with E-state index < -0.39 is 0 Å². The summed E-state index contributed by atoms with van der Waals surface area (Å²) in [6, 6.07) is 3.85. The van der Waals surface area contributed by atoms with E-state index in [1.807, 2.05) is 12.1 Å². The average Bonchev–Trinajstić information content (AvgIpc) is 2.39. The van der Waals surface area contributed by atoms with E-state index in [-0.39, 0.29) is 0 Å². The summed E-state index contributed by atoms with van der Waals surface area (Å²) in [6.07, 6.45) is 8.28. The number of Topliss-reactive ketones (excluding diaryl/α,β-unsaturated/α-hetero) is 1. The van der Waals surface area contributed by atoms with Crippen LogP contribution in [0.25, 0.3) is 0 Å². The van der Waals surface area contributed by atoms with Crippen LogP contribution in [-0.4, -0.2) is 23.9 Å². The number of hydrogen-bond donors (Lipinski definition) is 1. The first kappa shape index (κ1) is 12.2. The van der Waals surface area contributed by atoms with Gasteiger partial charge in [-0.3, -0.25) is 9.78 Å². The first-order chi connectivity index (χ1) is 8.34. The topological polar surface area (TPSA) is 42.0 Å². The maximum Gasteiger partial charge on any atom is 0.137 e. The number of hydrogen-bond acceptors (Lipinski definition) is 3. The Morgan fingerprint density at radius 3 is 2.94 bits per heavy atom. The van der Waals surface area contributed by atoms with E-state index in [1.54, 1.807) is 12.4 Å². The van der Waals surface area contributed by atoms with Crippen LogP contribution in [0.15, 0.2) is 24.5 Å². The Morgan fingerprint density at radius 1 is 1.41 bits per heavy atom. The molecular weight excluding hydrogens is 212 g/mol. The van der Waals surface area contributed by atoms with Crippen molar-refractivity contribution in [1.82, 2.24) is 10.3 Å². The Morgan fingerprint density at radius 2 is 2.24 bits per heavy atom. The van der Waals surface area contributed by atoms with Crippen LogP contribution in [0.2, 0.25) is 0 Å². The fourth-order valence-corrected chi connectivity index (χ4v) is 2.35. The van der Waals surface area contributed by atoms with Gasteiger partial charge in [0.25, 0.3) is 0 Å². The maximum absolute atomic E-state index is 11.8. The van der Waals surface area contributed by atoms with E-state index in [0.717, 1.165) is 37.4 Å². The van der Waals surface area contributed by atoms with E-state index in [0.29, 0.717) is 12.2 Å². The zero-order valence-corrected chi connectivity index (χ0v) is 10.2. The number of nitrogens with one attached hydrogen (secondary N) is 1. The normalized spacial score (nSPS) is 16.9. The lowest BCUT2D eigenvalue weighted by Crippen LogP contribution is -2.28. The minimum atomic E-state index is 0.344. The molecule has 17 heavy (non-hydrogen) atoms. The zero-order valence-electron chi connectivity index (χ0n) is 10.2. The van der Waals surface area contributed by atoms with Crippen LogP contribution in [-0.2, 0) is 11.2 Å². The Hall–Kier alpha value is -1.22. The quantitative estimate of drug-likeness (QED) is 0.844. The molecule has 1 aromatic heterocycles. The lowest BCUT2D eigenvalue weighted by atomic mass is 9.91. The second-order valence-corrected chi connectivity index (χ2v) is 4.81. The van der Waals surface area contributed by atoms with Crippen LogP contribution in [0.4, 0.5) is 0 Å². The van der Waals surface area contributed by atoms with Crippen molar-refractivity contribution in [3.63, 3.8) is 0 Å². The van der Waals surface area contributed by atoms with Gasteiger partial charge in [0.05, 0.1) is 0 Å². The van der Waals surface area contributed by atoms with Crippen molar-refractivity contribution >= 4 is 5.78 Å². The van der Waals surface area contributed by atoms with E-state index >= 15 is 0 Å². The highest BCUT2D eigenvalue weighted by atomic mass is 16.1. The third kappa shape index (κ3) is 4.27. The van der Waals surface area contributed by atoms with Crippen molar-refractivity contribution < 1.29 is 4.79 Å². The Kier molecular flexibility index (Phi) is 4.68. The minimum absolute atomic E-state index is 0.344. The van der Waals surface area contributed by atoms with Gasteiger partial charge in [0.15, 0.2) is 0 Å². The molecule has 2 heterocycles. The molecule has 3 heteroatoms. The van der Waals surface area contributed by atoms with Crippen molar-refractivity contribution in [3.8, 4) is 0 Å². The summed E-state index contributed by atoms with van der Waals surface area (Å²) in [5, 5.41) is 3.35. The van der Waals surface area contributed by atoms with Crippen molar-refractivity contribution in [2.24, 2.45) is 5.92 Å². The van der Waals surface area contributed by atoms with Crippen LogP contribution in [0, 0.1) is 5.92 Å². The second kappa shape index (κ2) is 6.50. The molecule has 1 aliphatic rings. The zero-order chi connectivity index (χ0) is 11.9. The Balaban J connectivity index is 1.70. The molecule has 0 amide bonds. The molecule has 1 fully saturated rings. The molecular formula is C14H20N2O. The smallest absolute Gasteiger partial charge is 0.137 e. The maximum atomic E-state index is 11.8. The van der Waals surface area contributed by atoms with Crippen LogP contribution in [0.5, 0.6) is 0 Å². The van der Waals surface area contributed by atoms with Gasteiger partial charge in [-0.05, 0) is 49.9 Å². The van der Waals surface area contributed by atoms with Crippen LogP contribution in [0.3, 0.4) is 0 Å². The minimum Gasteiger partial charge on any atom is -0.317 e. The summed E-state index contributed by atoms with van der Waals surface area (Å²) < 4.78 is 0. The molecule has 1 aromatic rings. The highest BCUT2D eigenvalue weighted by Gasteiger charge is 2.14. The van der Waals surface area contributed by atoms with E-state index in [1.165, 1.54) is 12.8 Å². The number of ketones is 1. The predicted octanol–water partition coefficient (Wildman–Crippen LogP) is 1.97. The van der Waals surface area contributed by atoms with Crippen molar-refractivity contribution in [3.05, 3.63) is 30.1 Å². The van der Waals surface area contributed by atoms with E-state index in [2.05, 4.69) is 10.3 Å². The molecule has 0 saturated carbocycles. The molecule has 0 bridgehead atoms. The number of pyridine rings is 1. The molecule has 0 aromatic carbocycles. The van der Waals surface area contributed by atoms with Crippen LogP contribution in [0.1, 0.15) is 31.2 Å². The average molecular weight is 232 g/mol. The Labute approximate surface area is 103 Å². The summed E-state index contributed by atoms with van der Waals surface area (Å²) in [4.78, 5) is 15.8. The molecule has 2 rings (SSSR count). The second-order valence-electron chi connectivity index (χ2n) is 4.81. The van der Waals surface area contributed by atoms with Gasteiger partial charge in [-0.2, -0.15) is 0 Å². The van der Waals surface area contributed by atoms with Crippen molar-refractivity contribution in [1.29, 1.82) is 0 Å². The molecule has 0 spiro atoms. The number of carbonyl (C=O) groups is 1. The SMILES string of the molecule is O=C(CCC1CCNCC1)Cc1cccnc1. The summed E-state index contributed by atoms with van der Waals surface area (Å²) in [6.45, 7) is 2.23. The number of rotatable bonds is 5. The molecule has 0 atom stereocenters. The fraction of sp³-hybridized carbons (Fsp3) is 0.571. The lowest BCUT2D eigenvalue weighted by Gasteiger charge is -2.22. The van der Waals surface area contributed by atoms with Gasteiger partial charge in [0.1, 0.15) is 5.78 Å². The molecule has 3 nitrogen and oxygen atoms in total. The third-order valence-electron chi connectivity index (χ3n) is 3.41. The van der Waals surface area contributed by atoms with Crippen molar-refractivity contribution in [2.45, 2.75) is 32.1 Å². The molecule has 0 aliphatic carbocycles. The number of aromatic nitrogens is 1. The molecule has 1 N–H and O–H groups in total. The van der Waals surface area contributed by atoms with Crippen molar-refractivity contribution in [2.75, 3.05) is 13.1 Å². The van der Waals surface area contributed by atoms with Gasteiger partial charge in [-0.1, -0.05) is 6.07 Å². The van der Waals surface area contributed by atoms with Gasteiger partial charge in [0, 0.05) is 25.2 Å². The summed E-state index contributed by atoms with van der Waals surface area (Å²) in [5.74, 6) is 1.09. The van der Waals surface area contributed by atoms with Gasteiger partial charge >= 0.3 is 0 Å². The highest BCUT2D eigenvalue weighted by Crippen LogP contribution is 2.18. The van der Waals surface area contributed by atoms with Gasteiger partial charge in [0.2, 0.25) is 0 Å². The first-order valence-corrected chi connectivity index (χ1v) is 6.46. The van der Waals surface area contributed by atoms with Crippen LogP contribution < -0.4 is 5.32 Å². The van der Waals surface area contributed by atoms with Crippen LogP contribution >= 0.6 is 0 Å². The molecule has 1 aliphatic heterocycles. The highest BCUT2D eigenvalue weighted by molar-refractivity contribution is 5.80. The number of piperidine rings is 1. The lowest BCUT2D eigenvalue weighted by molar-refractivity contribution is -0.118. The van der Waals surface area contributed by atoms with Gasteiger partial charge in [-0.15, -0.1) is 0 Å². The first-order valence-electron chi connectivity index (χ1n) is 6.46. The largest absolute Gasteiger partial charge is 0.317 e. The number of carbonyl (C=O) groups excluding carboxylic acids is 1.